The van der Waals surface area contributed by atoms with E-state index < -0.39 is 0 Å². The number of ether oxygens (including phenoxy) is 1. The second-order valence-electron chi connectivity index (χ2n) is 6.73. The summed E-state index contributed by atoms with van der Waals surface area (Å²) in [5.41, 5.74) is 4.87. The lowest BCUT2D eigenvalue weighted by Gasteiger charge is -2.13. The van der Waals surface area contributed by atoms with Gasteiger partial charge < -0.3 is 14.6 Å². The minimum atomic E-state index is 0.554. The molecule has 3 aromatic rings. The molecule has 0 aliphatic heterocycles. The third kappa shape index (κ3) is 4.33. The van der Waals surface area contributed by atoms with Crippen molar-refractivity contribution >= 4 is 5.95 Å². The molecule has 26 heavy (non-hydrogen) atoms. The lowest BCUT2D eigenvalue weighted by atomic mass is 10.0. The summed E-state index contributed by atoms with van der Waals surface area (Å²) in [5, 5.41) is 3.47. The lowest BCUT2D eigenvalue weighted by Crippen LogP contribution is -2.11. The van der Waals surface area contributed by atoms with Crippen LogP contribution in [0.4, 0.5) is 5.95 Å². The summed E-state index contributed by atoms with van der Waals surface area (Å²) in [6.07, 6.45) is 1.93. The van der Waals surface area contributed by atoms with Gasteiger partial charge in [-0.05, 0) is 22.6 Å². The molecule has 0 saturated heterocycles. The number of nitrogens with one attached hydrogen (secondary N) is 1. The fourth-order valence-electron chi connectivity index (χ4n) is 2.97. The van der Waals surface area contributed by atoms with Crippen LogP contribution in [0.2, 0.25) is 0 Å². The average molecular weight is 349 g/mol. The van der Waals surface area contributed by atoms with Crippen LogP contribution in [0.15, 0.2) is 60.8 Å². The van der Waals surface area contributed by atoms with Crippen LogP contribution < -0.4 is 5.32 Å². The smallest absolute Gasteiger partial charge is 0.203 e. The molecular formula is C22H27N3O. The van der Waals surface area contributed by atoms with E-state index in [4.69, 9.17) is 4.74 Å². The third-order valence-corrected chi connectivity index (χ3v) is 4.54. The van der Waals surface area contributed by atoms with Crippen LogP contribution in [-0.4, -0.2) is 23.3 Å². The van der Waals surface area contributed by atoms with Crippen molar-refractivity contribution in [2.24, 2.45) is 0 Å². The highest BCUT2D eigenvalue weighted by atomic mass is 16.5. The molecule has 0 amide bonds. The van der Waals surface area contributed by atoms with Crippen molar-refractivity contribution in [2.45, 2.75) is 32.9 Å². The van der Waals surface area contributed by atoms with E-state index in [1.54, 1.807) is 7.11 Å². The molecule has 4 heteroatoms. The monoisotopic (exact) mass is 349 g/mol. The summed E-state index contributed by atoms with van der Waals surface area (Å²) in [5.74, 6) is 1.42. The number of hydrogen-bond acceptors (Lipinski definition) is 3. The maximum atomic E-state index is 5.28. The predicted molar refractivity (Wildman–Crippen MR) is 107 cm³/mol. The summed E-state index contributed by atoms with van der Waals surface area (Å²) in [6, 6.07) is 19.1. The van der Waals surface area contributed by atoms with Gasteiger partial charge in [0.25, 0.3) is 0 Å². The van der Waals surface area contributed by atoms with E-state index >= 15 is 0 Å². The lowest BCUT2D eigenvalue weighted by molar-refractivity contribution is 0.188. The van der Waals surface area contributed by atoms with Crippen molar-refractivity contribution in [3.63, 3.8) is 0 Å². The van der Waals surface area contributed by atoms with Gasteiger partial charge in [-0.1, -0.05) is 68.4 Å². The number of anilines is 1. The zero-order chi connectivity index (χ0) is 18.4. The largest absolute Gasteiger partial charge is 0.383 e. The zero-order valence-corrected chi connectivity index (χ0v) is 15.8. The Morgan fingerprint density at radius 2 is 1.77 bits per heavy atom. The zero-order valence-electron chi connectivity index (χ0n) is 15.8. The van der Waals surface area contributed by atoms with E-state index in [0.29, 0.717) is 12.5 Å². The molecule has 0 aliphatic carbocycles. The van der Waals surface area contributed by atoms with Gasteiger partial charge >= 0.3 is 0 Å². The van der Waals surface area contributed by atoms with Crippen molar-refractivity contribution < 1.29 is 4.74 Å². The van der Waals surface area contributed by atoms with E-state index in [9.17, 15) is 0 Å². The van der Waals surface area contributed by atoms with Crippen molar-refractivity contribution in [1.82, 2.24) is 9.55 Å². The highest BCUT2D eigenvalue weighted by Gasteiger charge is 2.11. The van der Waals surface area contributed by atoms with E-state index in [-0.39, 0.29) is 0 Å². The molecule has 136 valence electrons. The summed E-state index contributed by atoms with van der Waals surface area (Å²) in [6.45, 7) is 6.58. The fraction of sp³-hybridized carbons (Fsp3) is 0.318. The van der Waals surface area contributed by atoms with E-state index in [1.165, 1.54) is 11.1 Å². The van der Waals surface area contributed by atoms with Gasteiger partial charge in [0, 0.05) is 20.2 Å². The van der Waals surface area contributed by atoms with Crippen LogP contribution >= 0.6 is 0 Å². The van der Waals surface area contributed by atoms with Gasteiger partial charge in [0.1, 0.15) is 0 Å². The van der Waals surface area contributed by atoms with Gasteiger partial charge in [0.2, 0.25) is 5.95 Å². The molecule has 3 rings (SSSR count). The quantitative estimate of drug-likeness (QED) is 0.626. The van der Waals surface area contributed by atoms with Crippen LogP contribution in [0.3, 0.4) is 0 Å². The second kappa shape index (κ2) is 8.68. The van der Waals surface area contributed by atoms with Gasteiger partial charge in [0.15, 0.2) is 0 Å². The predicted octanol–water partition coefficient (Wildman–Crippen LogP) is 4.93. The van der Waals surface area contributed by atoms with Gasteiger partial charge in [-0.15, -0.1) is 0 Å². The Hall–Kier alpha value is -2.59. The topological polar surface area (TPSA) is 39.1 Å². The molecule has 0 atom stereocenters. The first-order valence-electron chi connectivity index (χ1n) is 9.11. The highest BCUT2D eigenvalue weighted by Crippen LogP contribution is 2.23. The van der Waals surface area contributed by atoms with Crippen LogP contribution in [0.1, 0.15) is 30.9 Å². The Morgan fingerprint density at radius 3 is 2.42 bits per heavy atom. The van der Waals surface area contributed by atoms with Crippen molar-refractivity contribution in [3.05, 3.63) is 71.9 Å². The minimum absolute atomic E-state index is 0.554. The molecule has 1 heterocycles. The Labute approximate surface area is 155 Å². The molecule has 2 aromatic carbocycles. The number of methoxy groups -OCH3 is 1. The van der Waals surface area contributed by atoms with Crippen molar-refractivity contribution in [3.8, 4) is 11.3 Å². The molecule has 0 saturated carbocycles. The molecular weight excluding hydrogens is 322 g/mol. The summed E-state index contributed by atoms with van der Waals surface area (Å²) < 4.78 is 7.46. The van der Waals surface area contributed by atoms with Crippen LogP contribution in [-0.2, 0) is 17.8 Å². The SMILES string of the molecule is COCCn1c(-c2ccccc2)cnc1NCc1ccc(C(C)C)cc1. The molecule has 0 radical (unpaired) electrons. The number of imidazole rings is 1. The maximum absolute atomic E-state index is 5.28. The summed E-state index contributed by atoms with van der Waals surface area (Å²) in [7, 11) is 1.72. The third-order valence-electron chi connectivity index (χ3n) is 4.54. The highest BCUT2D eigenvalue weighted by molar-refractivity contribution is 5.61. The first-order chi connectivity index (χ1) is 12.7. The molecule has 0 spiro atoms. The maximum Gasteiger partial charge on any atom is 0.203 e. The van der Waals surface area contributed by atoms with Crippen molar-refractivity contribution in [1.29, 1.82) is 0 Å². The molecule has 0 aliphatic rings. The van der Waals surface area contributed by atoms with E-state index in [1.807, 2.05) is 24.4 Å². The molecule has 4 nitrogen and oxygen atoms in total. The molecule has 1 N–H and O–H groups in total. The van der Waals surface area contributed by atoms with Gasteiger partial charge in [-0.2, -0.15) is 0 Å². The van der Waals surface area contributed by atoms with E-state index in [0.717, 1.165) is 30.3 Å². The fourth-order valence-corrected chi connectivity index (χ4v) is 2.97. The van der Waals surface area contributed by atoms with Crippen molar-refractivity contribution in [2.75, 3.05) is 19.0 Å². The normalized spacial score (nSPS) is 11.1. The van der Waals surface area contributed by atoms with E-state index in [2.05, 4.69) is 65.1 Å². The summed E-state index contributed by atoms with van der Waals surface area (Å²) in [4.78, 5) is 4.60. The van der Waals surface area contributed by atoms with Crippen LogP contribution in [0.25, 0.3) is 11.3 Å². The Kier molecular flexibility index (Phi) is 6.08. The summed E-state index contributed by atoms with van der Waals surface area (Å²) >= 11 is 0. The second-order valence-corrected chi connectivity index (χ2v) is 6.73. The number of aromatic nitrogens is 2. The van der Waals surface area contributed by atoms with Gasteiger partial charge in [-0.25, -0.2) is 4.98 Å². The number of nitrogens with zero attached hydrogens (tertiary/aromatic N) is 2. The minimum Gasteiger partial charge on any atom is -0.383 e. The number of rotatable bonds is 8. The molecule has 0 unspecified atom stereocenters. The number of hydrogen-bond donors (Lipinski definition) is 1. The molecule has 0 fully saturated rings. The first-order valence-corrected chi connectivity index (χ1v) is 9.11. The van der Waals surface area contributed by atoms with Gasteiger partial charge in [-0.3, -0.25) is 0 Å². The van der Waals surface area contributed by atoms with Crippen LogP contribution in [0.5, 0.6) is 0 Å². The van der Waals surface area contributed by atoms with Crippen LogP contribution in [0, 0.1) is 0 Å². The number of benzene rings is 2. The Morgan fingerprint density at radius 1 is 1.04 bits per heavy atom. The molecule has 1 aromatic heterocycles. The average Bonchev–Trinajstić information content (AvgIpc) is 3.08. The molecule has 0 bridgehead atoms. The first kappa shape index (κ1) is 18.2. The Bertz CT molecular complexity index is 807. The Balaban J connectivity index is 1.77. The van der Waals surface area contributed by atoms with Gasteiger partial charge in [0.05, 0.1) is 18.5 Å². The standard InChI is InChI=1S/C22H27N3O/c1-17(2)19-11-9-18(10-12-19)15-23-22-24-16-21(25(22)13-14-26-3)20-7-5-4-6-8-20/h4-12,16-17H,13-15H2,1-3H3,(H,23,24).